The maximum absolute atomic E-state index is 12.9. The van der Waals surface area contributed by atoms with Crippen LogP contribution in [-0.4, -0.2) is 46.7 Å². The molecule has 1 aliphatic heterocycles. The third kappa shape index (κ3) is 8.64. The van der Waals surface area contributed by atoms with Crippen LogP contribution in [0.4, 0.5) is 4.79 Å². The molecule has 1 aliphatic rings. The van der Waals surface area contributed by atoms with Gasteiger partial charge in [0.1, 0.15) is 5.60 Å². The summed E-state index contributed by atoms with van der Waals surface area (Å²) in [7, 11) is 0. The summed E-state index contributed by atoms with van der Waals surface area (Å²) in [5.41, 5.74) is 1.36. The van der Waals surface area contributed by atoms with Crippen LogP contribution in [0, 0.1) is 5.92 Å². The van der Waals surface area contributed by atoms with Crippen LogP contribution in [0.1, 0.15) is 95.0 Å². The van der Waals surface area contributed by atoms with Crippen molar-refractivity contribution in [1.82, 2.24) is 4.90 Å². The second-order valence-corrected chi connectivity index (χ2v) is 9.91. The minimum atomic E-state index is -0.589. The predicted octanol–water partition coefficient (Wildman–Crippen LogP) is 5.78. The number of unbranched alkanes of at least 4 members (excludes halogenated alkanes) is 5. The molecule has 1 fully saturated rings. The Bertz CT molecular complexity index is 692. The summed E-state index contributed by atoms with van der Waals surface area (Å²) in [6.07, 6.45) is 9.18. The average molecular weight is 432 g/mol. The van der Waals surface area contributed by atoms with Gasteiger partial charge in [0.25, 0.3) is 0 Å². The van der Waals surface area contributed by atoms with E-state index in [1.165, 1.54) is 44.1 Å². The summed E-state index contributed by atoms with van der Waals surface area (Å²) in [6, 6.07) is 7.68. The Balaban J connectivity index is 1.89. The van der Waals surface area contributed by atoms with Crippen LogP contribution < -0.4 is 0 Å². The van der Waals surface area contributed by atoms with Gasteiger partial charge in [-0.15, -0.1) is 0 Å². The summed E-state index contributed by atoms with van der Waals surface area (Å²) in [6.45, 7) is 8.17. The van der Waals surface area contributed by atoms with Crippen molar-refractivity contribution >= 4 is 11.9 Å². The lowest BCUT2D eigenvalue weighted by atomic mass is 9.97. The van der Waals surface area contributed by atoms with Gasteiger partial charge in [0.2, 0.25) is 0 Å². The normalized spacial score (nSPS) is 18.9. The van der Waals surface area contributed by atoms with Crippen LogP contribution in [0.2, 0.25) is 0 Å². The van der Waals surface area contributed by atoms with Crippen molar-refractivity contribution in [3.05, 3.63) is 35.4 Å². The van der Waals surface area contributed by atoms with Crippen molar-refractivity contribution in [3.63, 3.8) is 0 Å². The molecule has 31 heavy (non-hydrogen) atoms. The van der Waals surface area contributed by atoms with Gasteiger partial charge in [0.05, 0.1) is 0 Å². The van der Waals surface area contributed by atoms with Crippen molar-refractivity contribution in [1.29, 1.82) is 0 Å². The van der Waals surface area contributed by atoms with Gasteiger partial charge in [0, 0.05) is 37.1 Å². The number of hydrogen-bond acceptors (Lipinski definition) is 4. The second kappa shape index (κ2) is 12.2. The summed E-state index contributed by atoms with van der Waals surface area (Å²) < 4.78 is 5.51. The molecule has 0 aliphatic carbocycles. The highest BCUT2D eigenvalue weighted by Crippen LogP contribution is 2.28. The van der Waals surface area contributed by atoms with E-state index in [1.54, 1.807) is 4.90 Å². The largest absolute Gasteiger partial charge is 0.444 e. The fraction of sp³-hybridized carbons (Fsp3) is 0.692. The monoisotopic (exact) mass is 431 g/mol. The second-order valence-electron chi connectivity index (χ2n) is 9.91. The molecule has 0 saturated carbocycles. The quantitative estimate of drug-likeness (QED) is 0.356. The number of aryl methyl sites for hydroxylation is 1. The zero-order chi connectivity index (χ0) is 22.9. The maximum Gasteiger partial charge on any atom is 0.410 e. The Labute approximate surface area is 188 Å². The number of rotatable bonds is 11. The Kier molecular flexibility index (Phi) is 10.0. The number of carbonyl (C=O) groups excluding carboxylic acids is 2. The standard InChI is InChI=1S/C26H41NO4/c1-5-6-7-8-9-10-11-20-12-14-22(15-13-20)24(29)17-23-16-21(19-28)18-27(23)25(30)31-26(2,3)4/h12-15,21,23,28H,5-11,16-19H2,1-4H3/t21-,23+/m0/s1. The first-order valence-electron chi connectivity index (χ1n) is 12.0. The molecule has 1 heterocycles. The predicted molar refractivity (Wildman–Crippen MR) is 124 cm³/mol. The molecular formula is C26H41NO4. The molecule has 1 amide bonds. The fourth-order valence-electron chi connectivity index (χ4n) is 4.18. The van der Waals surface area contributed by atoms with Crippen molar-refractivity contribution in [2.75, 3.05) is 13.2 Å². The first-order chi connectivity index (χ1) is 14.7. The van der Waals surface area contributed by atoms with Crippen molar-refractivity contribution in [2.45, 2.75) is 97.1 Å². The molecule has 0 spiro atoms. The fourth-order valence-corrected chi connectivity index (χ4v) is 4.18. The van der Waals surface area contributed by atoms with Crippen molar-refractivity contribution in [2.24, 2.45) is 5.92 Å². The van der Waals surface area contributed by atoms with Crippen LogP contribution in [0.3, 0.4) is 0 Å². The third-order valence-corrected chi connectivity index (χ3v) is 5.90. The number of aliphatic hydroxyl groups excluding tert-OH is 1. The van der Waals surface area contributed by atoms with Gasteiger partial charge >= 0.3 is 6.09 Å². The van der Waals surface area contributed by atoms with E-state index in [-0.39, 0.29) is 30.8 Å². The van der Waals surface area contributed by atoms with E-state index in [0.29, 0.717) is 18.5 Å². The summed E-state index contributed by atoms with van der Waals surface area (Å²) >= 11 is 0. The Hall–Kier alpha value is -1.88. The molecule has 0 aromatic heterocycles. The van der Waals surface area contributed by atoms with Gasteiger partial charge in [-0.05, 0) is 45.6 Å². The number of hydrogen-bond donors (Lipinski definition) is 1. The topological polar surface area (TPSA) is 66.8 Å². The van der Waals surface area contributed by atoms with Crippen LogP contribution in [-0.2, 0) is 11.2 Å². The lowest BCUT2D eigenvalue weighted by Gasteiger charge is -2.28. The molecule has 0 radical (unpaired) electrons. The summed E-state index contributed by atoms with van der Waals surface area (Å²) in [5, 5.41) is 9.57. The molecule has 2 atom stereocenters. The van der Waals surface area contributed by atoms with Crippen LogP contribution in [0.15, 0.2) is 24.3 Å². The Morgan fingerprint density at radius 1 is 1.06 bits per heavy atom. The van der Waals surface area contributed by atoms with E-state index in [2.05, 4.69) is 19.1 Å². The molecule has 0 bridgehead atoms. The average Bonchev–Trinajstić information content (AvgIpc) is 3.13. The van der Waals surface area contributed by atoms with Gasteiger partial charge < -0.3 is 14.7 Å². The number of ether oxygens (including phenoxy) is 1. The van der Waals surface area contributed by atoms with E-state index in [1.807, 2.05) is 32.9 Å². The van der Waals surface area contributed by atoms with Crippen LogP contribution in [0.5, 0.6) is 0 Å². The molecule has 1 aromatic rings. The highest BCUT2D eigenvalue weighted by molar-refractivity contribution is 5.96. The molecule has 1 N–H and O–H groups in total. The number of benzene rings is 1. The smallest absolute Gasteiger partial charge is 0.410 e. The number of amides is 1. The minimum absolute atomic E-state index is 0.00924. The number of aliphatic hydroxyl groups is 1. The first kappa shape index (κ1) is 25.4. The lowest BCUT2D eigenvalue weighted by molar-refractivity contribution is 0.0215. The molecule has 1 aromatic carbocycles. The van der Waals surface area contributed by atoms with Gasteiger partial charge in [-0.3, -0.25) is 4.79 Å². The van der Waals surface area contributed by atoms with E-state index < -0.39 is 11.7 Å². The molecule has 1 saturated heterocycles. The van der Waals surface area contributed by atoms with Gasteiger partial charge in [-0.1, -0.05) is 63.3 Å². The molecule has 5 heteroatoms. The van der Waals surface area contributed by atoms with Crippen LogP contribution >= 0.6 is 0 Å². The summed E-state index contributed by atoms with van der Waals surface area (Å²) in [4.78, 5) is 27.1. The maximum atomic E-state index is 12.9. The SMILES string of the molecule is CCCCCCCCc1ccc(C(=O)C[C@H]2C[C@H](CO)CN2C(=O)OC(C)(C)C)cc1. The first-order valence-corrected chi connectivity index (χ1v) is 12.0. The molecule has 0 unspecified atom stereocenters. The molecule has 174 valence electrons. The number of Topliss-reactive ketones (excluding diaryl/α,β-unsaturated/α-hetero) is 1. The van der Waals surface area contributed by atoms with Gasteiger partial charge in [-0.25, -0.2) is 4.79 Å². The highest BCUT2D eigenvalue weighted by Gasteiger charge is 2.38. The molecule has 5 nitrogen and oxygen atoms in total. The van der Waals surface area contributed by atoms with E-state index in [9.17, 15) is 14.7 Å². The zero-order valence-electron chi connectivity index (χ0n) is 19.9. The number of ketones is 1. The number of carbonyl (C=O) groups is 2. The van der Waals surface area contributed by atoms with E-state index in [0.717, 1.165) is 6.42 Å². The van der Waals surface area contributed by atoms with Crippen molar-refractivity contribution < 1.29 is 19.4 Å². The molecule has 2 rings (SSSR count). The van der Waals surface area contributed by atoms with Gasteiger partial charge in [-0.2, -0.15) is 0 Å². The lowest BCUT2D eigenvalue weighted by Crippen LogP contribution is -2.40. The highest BCUT2D eigenvalue weighted by atomic mass is 16.6. The van der Waals surface area contributed by atoms with E-state index in [4.69, 9.17) is 4.74 Å². The number of nitrogens with zero attached hydrogens (tertiary/aromatic N) is 1. The Morgan fingerprint density at radius 3 is 2.32 bits per heavy atom. The van der Waals surface area contributed by atoms with E-state index >= 15 is 0 Å². The number of likely N-dealkylation sites (tertiary alicyclic amines) is 1. The third-order valence-electron chi connectivity index (χ3n) is 5.90. The summed E-state index contributed by atoms with van der Waals surface area (Å²) in [5.74, 6) is 0.0216. The molecular weight excluding hydrogens is 390 g/mol. The van der Waals surface area contributed by atoms with Crippen molar-refractivity contribution in [3.8, 4) is 0 Å². The minimum Gasteiger partial charge on any atom is -0.444 e. The van der Waals surface area contributed by atoms with Crippen LogP contribution in [0.25, 0.3) is 0 Å². The zero-order valence-corrected chi connectivity index (χ0v) is 19.9. The van der Waals surface area contributed by atoms with Gasteiger partial charge in [0.15, 0.2) is 5.78 Å². The Morgan fingerprint density at radius 2 is 1.71 bits per heavy atom.